The molecule has 0 saturated heterocycles. The highest BCUT2D eigenvalue weighted by Gasteiger charge is 2.16. The minimum Gasteiger partial charge on any atom is -0.311 e. The third kappa shape index (κ3) is 7.23. The summed E-state index contributed by atoms with van der Waals surface area (Å²) in [5.74, 6) is 0.497. The first-order chi connectivity index (χ1) is 7.45. The molecule has 0 rings (SSSR count). The molecule has 0 aliphatic heterocycles. The third-order valence-electron chi connectivity index (χ3n) is 2.86. The average Bonchev–Trinajstić information content (AvgIpc) is 2.23. The molecule has 16 heavy (non-hydrogen) atoms. The van der Waals surface area contributed by atoms with Gasteiger partial charge in [-0.2, -0.15) is 0 Å². The van der Waals surface area contributed by atoms with Crippen LogP contribution in [-0.4, -0.2) is 32.0 Å². The van der Waals surface area contributed by atoms with Gasteiger partial charge in [-0.25, -0.2) is 8.42 Å². The lowest BCUT2D eigenvalue weighted by Crippen LogP contribution is -2.40. The number of rotatable bonds is 9. The second-order valence-corrected chi connectivity index (χ2v) is 6.91. The van der Waals surface area contributed by atoms with E-state index in [1.807, 2.05) is 6.92 Å². The van der Waals surface area contributed by atoms with E-state index in [9.17, 15) is 8.42 Å². The molecule has 98 valence electrons. The first kappa shape index (κ1) is 15.9. The summed E-state index contributed by atoms with van der Waals surface area (Å²) in [7, 11) is -2.86. The summed E-state index contributed by atoms with van der Waals surface area (Å²) in [5.41, 5.74) is 0. The number of nitrogens with one attached hydrogen (secondary N) is 1. The molecular formula is C12H27NO2S. The molecule has 2 atom stereocenters. The van der Waals surface area contributed by atoms with Crippen molar-refractivity contribution in [2.75, 3.05) is 11.5 Å². The van der Waals surface area contributed by atoms with Gasteiger partial charge in [-0.3, -0.25) is 0 Å². The summed E-state index contributed by atoms with van der Waals surface area (Å²) >= 11 is 0. The zero-order chi connectivity index (χ0) is 12.6. The molecule has 0 aliphatic rings. The summed E-state index contributed by atoms with van der Waals surface area (Å²) < 4.78 is 22.9. The van der Waals surface area contributed by atoms with E-state index < -0.39 is 9.84 Å². The van der Waals surface area contributed by atoms with Gasteiger partial charge in [0.2, 0.25) is 0 Å². The number of sulfone groups is 1. The largest absolute Gasteiger partial charge is 0.311 e. The van der Waals surface area contributed by atoms with Crippen molar-refractivity contribution in [1.29, 1.82) is 0 Å². The predicted octanol–water partition coefficient (Wildman–Crippen LogP) is 2.37. The second-order valence-electron chi connectivity index (χ2n) is 4.51. The van der Waals surface area contributed by atoms with E-state index >= 15 is 0 Å². The van der Waals surface area contributed by atoms with Crippen LogP contribution in [0, 0.1) is 0 Å². The summed E-state index contributed by atoms with van der Waals surface area (Å²) in [6.07, 6.45) is 4.61. The fourth-order valence-corrected chi connectivity index (χ4v) is 2.90. The predicted molar refractivity (Wildman–Crippen MR) is 70.5 cm³/mol. The number of unbranched alkanes of at least 4 members (excludes halogenated alkanes) is 1. The van der Waals surface area contributed by atoms with E-state index in [-0.39, 0.29) is 17.5 Å². The first-order valence-electron chi connectivity index (χ1n) is 6.41. The van der Waals surface area contributed by atoms with Crippen molar-refractivity contribution >= 4 is 9.84 Å². The molecule has 0 heterocycles. The van der Waals surface area contributed by atoms with Crippen LogP contribution in [-0.2, 0) is 9.84 Å². The summed E-state index contributed by atoms with van der Waals surface area (Å²) in [4.78, 5) is 0. The molecule has 0 amide bonds. The molecule has 0 aromatic carbocycles. The molecule has 0 aromatic heterocycles. The van der Waals surface area contributed by atoms with Crippen LogP contribution in [0.3, 0.4) is 0 Å². The van der Waals surface area contributed by atoms with Crippen molar-refractivity contribution in [1.82, 2.24) is 5.32 Å². The fraction of sp³-hybridized carbons (Fsp3) is 1.00. The van der Waals surface area contributed by atoms with E-state index in [1.165, 1.54) is 12.8 Å². The van der Waals surface area contributed by atoms with Gasteiger partial charge < -0.3 is 5.32 Å². The quantitative estimate of drug-likeness (QED) is 0.682. The van der Waals surface area contributed by atoms with Crippen LogP contribution >= 0.6 is 0 Å². The molecule has 0 aliphatic carbocycles. The van der Waals surface area contributed by atoms with Gasteiger partial charge in [0.05, 0.1) is 5.75 Å². The van der Waals surface area contributed by atoms with Gasteiger partial charge in [0.25, 0.3) is 0 Å². The molecule has 0 spiro atoms. The van der Waals surface area contributed by atoms with E-state index in [2.05, 4.69) is 19.2 Å². The highest BCUT2D eigenvalue weighted by atomic mass is 32.2. The molecular weight excluding hydrogens is 222 g/mol. The second kappa shape index (κ2) is 8.07. The van der Waals surface area contributed by atoms with Gasteiger partial charge in [0.1, 0.15) is 0 Å². The maximum atomic E-state index is 11.5. The molecule has 0 radical (unpaired) electrons. The van der Waals surface area contributed by atoms with Gasteiger partial charge in [-0.15, -0.1) is 0 Å². The van der Waals surface area contributed by atoms with Crippen LogP contribution < -0.4 is 5.32 Å². The van der Waals surface area contributed by atoms with Crippen molar-refractivity contribution in [3.8, 4) is 0 Å². The molecule has 0 aromatic rings. The van der Waals surface area contributed by atoms with E-state index in [4.69, 9.17) is 0 Å². The minimum atomic E-state index is -2.86. The van der Waals surface area contributed by atoms with E-state index in [0.717, 1.165) is 12.8 Å². The Balaban J connectivity index is 4.05. The maximum Gasteiger partial charge on any atom is 0.151 e. The lowest BCUT2D eigenvalue weighted by atomic mass is 10.1. The topological polar surface area (TPSA) is 46.2 Å². The molecule has 2 unspecified atom stereocenters. The Morgan fingerprint density at radius 3 is 2.25 bits per heavy atom. The SMILES string of the molecule is CCCCC(CC)NC(C)CS(=O)(=O)CC. The van der Waals surface area contributed by atoms with Crippen molar-refractivity contribution < 1.29 is 8.42 Å². The van der Waals surface area contributed by atoms with E-state index in [1.54, 1.807) is 6.92 Å². The van der Waals surface area contributed by atoms with Crippen molar-refractivity contribution in [2.24, 2.45) is 0 Å². The lowest BCUT2D eigenvalue weighted by molar-refractivity contribution is 0.417. The number of hydrogen-bond acceptors (Lipinski definition) is 3. The third-order valence-corrected chi connectivity index (χ3v) is 4.75. The number of hydrogen-bond donors (Lipinski definition) is 1. The lowest BCUT2D eigenvalue weighted by Gasteiger charge is -2.22. The van der Waals surface area contributed by atoms with Gasteiger partial charge in [-0.05, 0) is 19.8 Å². The Hall–Kier alpha value is -0.0900. The smallest absolute Gasteiger partial charge is 0.151 e. The van der Waals surface area contributed by atoms with Crippen LogP contribution in [0.4, 0.5) is 0 Å². The zero-order valence-corrected chi connectivity index (χ0v) is 11.9. The van der Waals surface area contributed by atoms with Gasteiger partial charge in [-0.1, -0.05) is 33.6 Å². The van der Waals surface area contributed by atoms with Gasteiger partial charge in [0, 0.05) is 17.8 Å². The minimum absolute atomic E-state index is 0.0618. The first-order valence-corrected chi connectivity index (χ1v) is 8.23. The normalized spacial score (nSPS) is 16.0. The maximum absolute atomic E-state index is 11.5. The molecule has 1 N–H and O–H groups in total. The summed E-state index contributed by atoms with van der Waals surface area (Å²) in [6.45, 7) is 7.99. The van der Waals surface area contributed by atoms with Gasteiger partial charge >= 0.3 is 0 Å². The van der Waals surface area contributed by atoms with Crippen LogP contribution in [0.1, 0.15) is 53.4 Å². The van der Waals surface area contributed by atoms with E-state index in [0.29, 0.717) is 6.04 Å². The molecule has 0 fully saturated rings. The average molecular weight is 249 g/mol. The van der Waals surface area contributed by atoms with Crippen molar-refractivity contribution in [2.45, 2.75) is 65.5 Å². The Morgan fingerprint density at radius 1 is 1.19 bits per heavy atom. The zero-order valence-electron chi connectivity index (χ0n) is 11.1. The Morgan fingerprint density at radius 2 is 1.81 bits per heavy atom. The molecule has 3 nitrogen and oxygen atoms in total. The molecule has 0 bridgehead atoms. The van der Waals surface area contributed by atoms with Crippen LogP contribution in [0.2, 0.25) is 0 Å². The van der Waals surface area contributed by atoms with Crippen molar-refractivity contribution in [3.05, 3.63) is 0 Å². The van der Waals surface area contributed by atoms with Crippen LogP contribution in [0.15, 0.2) is 0 Å². The Kier molecular flexibility index (Phi) is 8.02. The Labute approximate surface area is 101 Å². The monoisotopic (exact) mass is 249 g/mol. The highest BCUT2D eigenvalue weighted by Crippen LogP contribution is 2.06. The van der Waals surface area contributed by atoms with Crippen LogP contribution in [0.5, 0.6) is 0 Å². The standard InChI is InChI=1S/C12H27NO2S/c1-5-8-9-12(6-2)13-11(4)10-16(14,15)7-3/h11-13H,5-10H2,1-4H3. The van der Waals surface area contributed by atoms with Crippen LogP contribution in [0.25, 0.3) is 0 Å². The van der Waals surface area contributed by atoms with Gasteiger partial charge in [0.15, 0.2) is 9.84 Å². The fourth-order valence-electron chi connectivity index (χ4n) is 1.81. The summed E-state index contributed by atoms with van der Waals surface area (Å²) in [5, 5.41) is 3.41. The summed E-state index contributed by atoms with van der Waals surface area (Å²) in [6, 6.07) is 0.522. The highest BCUT2D eigenvalue weighted by molar-refractivity contribution is 7.91. The van der Waals surface area contributed by atoms with Crippen molar-refractivity contribution in [3.63, 3.8) is 0 Å². The molecule has 4 heteroatoms. The Bertz CT molecular complexity index is 262. The molecule has 0 saturated carbocycles.